The first kappa shape index (κ1) is 74.5. The molecule has 0 bridgehead atoms. The van der Waals surface area contributed by atoms with Crippen LogP contribution in [-0.4, -0.2) is 95.9 Å². The molecule has 0 fully saturated rings. The topological polar surface area (TPSA) is 231 Å². The number of aliphatic hydroxyl groups excluding tert-OH is 2. The molecule has 0 aliphatic rings. The van der Waals surface area contributed by atoms with E-state index in [1.807, 2.05) is 0 Å². The fourth-order valence-corrected chi connectivity index (χ4v) is 9.39. The summed E-state index contributed by atoms with van der Waals surface area (Å²) in [6.07, 6.45) is 49.0. The maximum absolute atomic E-state index is 12.8. The minimum Gasteiger partial charge on any atom is -0.463 e. The van der Waals surface area contributed by atoms with Crippen LogP contribution in [0.25, 0.3) is 0 Å². The van der Waals surface area contributed by atoms with E-state index in [9.17, 15) is 43.5 Å². The molecule has 77 heavy (non-hydrogen) atoms. The smallest absolute Gasteiger partial charge is 0.463 e. The SMILES string of the molecule is CCCC/C=C\CCCCCCCC(=O)OC(COC(=O)CCCCCCC/C=C\CCCCCCCC)COP(=O)(O)OCC(O)COP(=O)(O)OCC(O)COC(=O)CCCCCCC/C=C\C/C=C\CCCCC. The van der Waals surface area contributed by atoms with E-state index in [1.165, 1.54) is 70.6 Å². The van der Waals surface area contributed by atoms with Gasteiger partial charge < -0.3 is 34.2 Å². The van der Waals surface area contributed by atoms with Gasteiger partial charge >= 0.3 is 33.6 Å². The monoisotopic (exact) mass is 1130 g/mol. The van der Waals surface area contributed by atoms with Crippen LogP contribution >= 0.6 is 15.6 Å². The first-order valence-corrected chi connectivity index (χ1v) is 32.9. The zero-order chi connectivity index (χ0) is 56.8. The predicted molar refractivity (Wildman–Crippen MR) is 307 cm³/mol. The van der Waals surface area contributed by atoms with E-state index in [4.69, 9.17) is 32.3 Å². The summed E-state index contributed by atoms with van der Waals surface area (Å²) in [5, 5.41) is 20.4. The lowest BCUT2D eigenvalue weighted by Gasteiger charge is -2.21. The van der Waals surface area contributed by atoms with Crippen LogP contribution in [0.3, 0.4) is 0 Å². The summed E-state index contributed by atoms with van der Waals surface area (Å²) < 4.78 is 60.5. The molecular weight excluding hydrogens is 1030 g/mol. The summed E-state index contributed by atoms with van der Waals surface area (Å²) in [6.45, 7) is 2.55. The number of esters is 3. The Balaban J connectivity index is 4.67. The van der Waals surface area contributed by atoms with Crippen molar-refractivity contribution in [3.63, 3.8) is 0 Å². The molecule has 0 saturated carbocycles. The van der Waals surface area contributed by atoms with Gasteiger partial charge in [-0.25, -0.2) is 9.13 Å². The first-order chi connectivity index (χ1) is 37.2. The molecule has 0 rings (SSSR count). The van der Waals surface area contributed by atoms with Crippen LogP contribution in [0.15, 0.2) is 48.6 Å². The number of phosphoric ester groups is 2. The second-order valence-electron chi connectivity index (χ2n) is 20.1. The Morgan fingerprint density at radius 3 is 1.09 bits per heavy atom. The highest BCUT2D eigenvalue weighted by Gasteiger charge is 2.29. The molecular formula is C59H108O16P2. The molecule has 4 N–H and O–H groups in total. The van der Waals surface area contributed by atoms with E-state index in [0.717, 1.165) is 122 Å². The third kappa shape index (κ3) is 55.2. The molecule has 0 radical (unpaired) electrons. The lowest BCUT2D eigenvalue weighted by atomic mass is 10.1. The van der Waals surface area contributed by atoms with Gasteiger partial charge in [0.25, 0.3) is 0 Å². The highest BCUT2D eigenvalue weighted by Crippen LogP contribution is 2.45. The Labute approximate surface area is 466 Å². The van der Waals surface area contributed by atoms with Crippen molar-refractivity contribution in [1.82, 2.24) is 0 Å². The first-order valence-electron chi connectivity index (χ1n) is 29.9. The zero-order valence-corrected chi connectivity index (χ0v) is 49.9. The average Bonchev–Trinajstić information content (AvgIpc) is 3.40. The minimum absolute atomic E-state index is 0.0950. The normalized spacial score (nSPS) is 14.8. The van der Waals surface area contributed by atoms with Crippen LogP contribution in [0.1, 0.15) is 252 Å². The van der Waals surface area contributed by atoms with Crippen LogP contribution in [0.4, 0.5) is 0 Å². The summed E-state index contributed by atoms with van der Waals surface area (Å²) in [5.74, 6) is -1.60. The van der Waals surface area contributed by atoms with Crippen LogP contribution in [0.2, 0.25) is 0 Å². The zero-order valence-electron chi connectivity index (χ0n) is 48.1. The van der Waals surface area contributed by atoms with Gasteiger partial charge in [-0.2, -0.15) is 0 Å². The average molecular weight is 1140 g/mol. The summed E-state index contributed by atoms with van der Waals surface area (Å²) in [4.78, 5) is 58.0. The molecule has 18 heteroatoms. The molecule has 0 saturated heterocycles. The molecule has 0 aromatic rings. The van der Waals surface area contributed by atoms with Crippen molar-refractivity contribution in [2.75, 3.05) is 39.6 Å². The van der Waals surface area contributed by atoms with Crippen molar-refractivity contribution in [3.05, 3.63) is 48.6 Å². The Kier molecular flexibility index (Phi) is 52.4. The number of hydrogen-bond acceptors (Lipinski definition) is 14. The number of hydrogen-bond donors (Lipinski definition) is 4. The number of ether oxygens (including phenoxy) is 3. The number of phosphoric acid groups is 2. The highest BCUT2D eigenvalue weighted by molar-refractivity contribution is 7.47. The van der Waals surface area contributed by atoms with Gasteiger partial charge in [-0.05, 0) is 96.3 Å². The quantitative estimate of drug-likeness (QED) is 0.0146. The number of allylic oxidation sites excluding steroid dienone is 8. The molecule has 0 amide bonds. The molecule has 0 spiro atoms. The molecule has 0 aromatic carbocycles. The van der Waals surface area contributed by atoms with Crippen molar-refractivity contribution in [3.8, 4) is 0 Å². The molecule has 0 heterocycles. The van der Waals surface area contributed by atoms with Crippen LogP contribution < -0.4 is 0 Å². The minimum atomic E-state index is -4.91. The largest absolute Gasteiger partial charge is 0.472 e. The lowest BCUT2D eigenvalue weighted by Crippen LogP contribution is -2.30. The van der Waals surface area contributed by atoms with Gasteiger partial charge in [0, 0.05) is 19.3 Å². The fraction of sp³-hybridized carbons (Fsp3) is 0.814. The summed E-state index contributed by atoms with van der Waals surface area (Å²) in [7, 11) is -9.75. The second-order valence-corrected chi connectivity index (χ2v) is 23.0. The van der Waals surface area contributed by atoms with Gasteiger partial charge in [-0.1, -0.05) is 185 Å². The van der Waals surface area contributed by atoms with Crippen LogP contribution in [0, 0.1) is 0 Å². The van der Waals surface area contributed by atoms with Gasteiger partial charge in [0.1, 0.15) is 25.4 Å². The summed E-state index contributed by atoms with van der Waals surface area (Å²) >= 11 is 0. The highest BCUT2D eigenvalue weighted by atomic mass is 31.2. The standard InChI is InChI=1S/C59H108O16P2/c1-4-7-10-13-16-19-22-24-26-28-31-33-36-39-42-45-57(62)69-48-54(60)49-71-76(65,66)72-50-55(61)51-73-77(67,68)74-53-56(75-59(64)47-44-41-38-35-30-21-18-15-12-9-6-3)52-70-58(63)46-43-40-37-34-32-29-27-25-23-20-17-14-11-8-5-2/h15-16,18-19,24-27,54-56,60-61H,4-14,17,20-23,28-53H2,1-3H3,(H,65,66)(H,67,68)/b18-15-,19-16-,26-24-,27-25-. The van der Waals surface area contributed by atoms with E-state index >= 15 is 0 Å². The Morgan fingerprint density at radius 1 is 0.364 bits per heavy atom. The van der Waals surface area contributed by atoms with Gasteiger partial charge in [0.05, 0.1) is 26.4 Å². The maximum atomic E-state index is 12.8. The number of rotatable bonds is 57. The van der Waals surface area contributed by atoms with Gasteiger partial charge in [-0.3, -0.25) is 32.5 Å². The van der Waals surface area contributed by atoms with Gasteiger partial charge in [0.2, 0.25) is 0 Å². The Bertz CT molecular complexity index is 1620. The van der Waals surface area contributed by atoms with E-state index in [-0.39, 0.29) is 19.3 Å². The Hall–Kier alpha value is -2.49. The van der Waals surface area contributed by atoms with Crippen molar-refractivity contribution in [2.24, 2.45) is 0 Å². The third-order valence-electron chi connectivity index (χ3n) is 12.5. The number of carbonyl (C=O) groups excluding carboxylic acids is 3. The van der Waals surface area contributed by atoms with Crippen molar-refractivity contribution < 1.29 is 75.8 Å². The molecule has 5 unspecified atom stereocenters. The van der Waals surface area contributed by atoms with Crippen molar-refractivity contribution in [2.45, 2.75) is 270 Å². The van der Waals surface area contributed by atoms with Crippen LogP contribution in [0.5, 0.6) is 0 Å². The molecule has 0 aliphatic heterocycles. The van der Waals surface area contributed by atoms with E-state index in [0.29, 0.717) is 19.3 Å². The lowest BCUT2D eigenvalue weighted by molar-refractivity contribution is -0.161. The molecule has 0 aliphatic carbocycles. The van der Waals surface area contributed by atoms with E-state index in [1.54, 1.807) is 0 Å². The number of unbranched alkanes of at least 4 members (excludes halogenated alkanes) is 26. The van der Waals surface area contributed by atoms with E-state index in [2.05, 4.69) is 69.4 Å². The summed E-state index contributed by atoms with van der Waals surface area (Å²) in [6, 6.07) is 0. The molecule has 0 aromatic heterocycles. The molecule has 16 nitrogen and oxygen atoms in total. The van der Waals surface area contributed by atoms with Gasteiger partial charge in [-0.15, -0.1) is 0 Å². The predicted octanol–water partition coefficient (Wildman–Crippen LogP) is 15.3. The summed E-state index contributed by atoms with van der Waals surface area (Å²) in [5.41, 5.74) is 0. The van der Waals surface area contributed by atoms with Gasteiger partial charge in [0.15, 0.2) is 6.10 Å². The van der Waals surface area contributed by atoms with Crippen molar-refractivity contribution in [1.29, 1.82) is 0 Å². The molecule has 5 atom stereocenters. The number of aliphatic hydroxyl groups is 2. The van der Waals surface area contributed by atoms with Crippen LogP contribution in [-0.2, 0) is 55.8 Å². The Morgan fingerprint density at radius 2 is 0.662 bits per heavy atom. The number of carbonyl (C=O) groups is 3. The fourth-order valence-electron chi connectivity index (χ4n) is 7.81. The second kappa shape index (κ2) is 54.1. The van der Waals surface area contributed by atoms with Crippen molar-refractivity contribution >= 4 is 33.6 Å². The molecule has 450 valence electrons. The maximum Gasteiger partial charge on any atom is 0.472 e. The third-order valence-corrected chi connectivity index (χ3v) is 14.4. The van der Waals surface area contributed by atoms with E-state index < -0.39 is 91.5 Å².